The minimum absolute atomic E-state index is 0.000741. The molecule has 1 saturated heterocycles. The van der Waals surface area contributed by atoms with Crippen LogP contribution >= 0.6 is 0 Å². The number of carbonyl (C=O) groups is 1. The van der Waals surface area contributed by atoms with Crippen molar-refractivity contribution in [2.45, 2.75) is 31.1 Å². The molecule has 0 aromatic carbocycles. The third kappa shape index (κ3) is 2.00. The maximum atomic E-state index is 12.4. The lowest BCUT2D eigenvalue weighted by molar-refractivity contribution is -0.653. The fourth-order valence-corrected chi connectivity index (χ4v) is 1.76. The van der Waals surface area contributed by atoms with Gasteiger partial charge < -0.3 is 10.2 Å². The van der Waals surface area contributed by atoms with Gasteiger partial charge in [0.05, 0.1) is 7.05 Å². The predicted octanol–water partition coefficient (Wildman–Crippen LogP) is -0.269. The van der Waals surface area contributed by atoms with Crippen molar-refractivity contribution in [1.29, 1.82) is 0 Å². The Morgan fingerprint density at radius 2 is 2.00 bits per heavy atom. The van der Waals surface area contributed by atoms with Gasteiger partial charge >= 0.3 is 6.18 Å². The number of quaternary nitrogens is 1. The quantitative estimate of drug-likeness (QED) is 0.637. The van der Waals surface area contributed by atoms with Crippen LogP contribution in [0.3, 0.4) is 0 Å². The minimum atomic E-state index is -4.30. The SMILES string of the molecule is C[NH2+][C@H]1CC[C@H](C(F)(F)F)N(C)C1=O. The van der Waals surface area contributed by atoms with Gasteiger partial charge in [0.2, 0.25) is 0 Å². The number of nitrogens with two attached hydrogens (primary N) is 1. The van der Waals surface area contributed by atoms with Crippen LogP contribution in [0.1, 0.15) is 12.8 Å². The molecule has 1 amide bonds. The van der Waals surface area contributed by atoms with Crippen LogP contribution in [-0.2, 0) is 4.79 Å². The summed E-state index contributed by atoms with van der Waals surface area (Å²) in [6.07, 6.45) is -4.01. The minimum Gasteiger partial charge on any atom is -0.338 e. The number of amides is 1. The van der Waals surface area contributed by atoms with Crippen molar-refractivity contribution >= 4 is 5.91 Å². The fourth-order valence-electron chi connectivity index (χ4n) is 1.76. The third-order valence-corrected chi connectivity index (χ3v) is 2.66. The zero-order chi connectivity index (χ0) is 10.9. The van der Waals surface area contributed by atoms with Crippen molar-refractivity contribution in [3.8, 4) is 0 Å². The number of nitrogens with zero attached hydrogens (tertiary/aromatic N) is 1. The Morgan fingerprint density at radius 3 is 2.43 bits per heavy atom. The van der Waals surface area contributed by atoms with Gasteiger partial charge in [-0.2, -0.15) is 13.2 Å². The Kier molecular flexibility index (Phi) is 3.04. The molecule has 3 nitrogen and oxygen atoms in total. The molecule has 1 aliphatic rings. The highest BCUT2D eigenvalue weighted by Gasteiger charge is 2.48. The van der Waals surface area contributed by atoms with Gasteiger partial charge in [0, 0.05) is 13.5 Å². The van der Waals surface area contributed by atoms with Crippen LogP contribution in [0.4, 0.5) is 13.2 Å². The molecule has 2 atom stereocenters. The Hall–Kier alpha value is -0.780. The van der Waals surface area contributed by atoms with E-state index in [1.165, 1.54) is 7.05 Å². The van der Waals surface area contributed by atoms with Gasteiger partial charge in [-0.3, -0.25) is 4.79 Å². The number of likely N-dealkylation sites (tertiary alicyclic amines) is 1. The normalized spacial score (nSPS) is 29.5. The first-order chi connectivity index (χ1) is 6.38. The van der Waals surface area contributed by atoms with E-state index in [0.717, 1.165) is 4.90 Å². The lowest BCUT2D eigenvalue weighted by atomic mass is 9.98. The molecule has 0 aliphatic carbocycles. The van der Waals surface area contributed by atoms with Crippen molar-refractivity contribution < 1.29 is 23.3 Å². The van der Waals surface area contributed by atoms with E-state index < -0.39 is 18.1 Å². The van der Waals surface area contributed by atoms with E-state index >= 15 is 0 Å². The Balaban J connectivity index is 2.74. The first kappa shape index (κ1) is 11.3. The van der Waals surface area contributed by atoms with Crippen LogP contribution in [0, 0.1) is 0 Å². The molecule has 0 aromatic rings. The molecule has 1 rings (SSSR count). The standard InChI is InChI=1S/C8H13F3N2O/c1-12-5-3-4-6(8(9,10)11)13(2)7(5)14/h5-6,12H,3-4H2,1-2H3/p+1/t5-,6+/m0/s1. The molecule has 82 valence electrons. The number of hydrogen-bond donors (Lipinski definition) is 1. The van der Waals surface area contributed by atoms with Crippen molar-refractivity contribution in [1.82, 2.24) is 4.90 Å². The van der Waals surface area contributed by atoms with Crippen LogP contribution in [-0.4, -0.2) is 43.2 Å². The summed E-state index contributed by atoms with van der Waals surface area (Å²) in [6.45, 7) is 0. The molecule has 2 N–H and O–H groups in total. The molecule has 0 unspecified atom stereocenters. The highest BCUT2D eigenvalue weighted by Crippen LogP contribution is 2.30. The van der Waals surface area contributed by atoms with E-state index in [1.807, 2.05) is 0 Å². The summed E-state index contributed by atoms with van der Waals surface area (Å²) in [5.74, 6) is -0.430. The molecule has 0 bridgehead atoms. The summed E-state index contributed by atoms with van der Waals surface area (Å²) >= 11 is 0. The number of likely N-dealkylation sites (N-methyl/N-ethyl adjacent to an activating group) is 2. The second-order valence-electron chi connectivity index (χ2n) is 3.52. The number of rotatable bonds is 1. The van der Waals surface area contributed by atoms with Gasteiger partial charge in [-0.05, 0) is 6.42 Å². The Morgan fingerprint density at radius 1 is 1.43 bits per heavy atom. The monoisotopic (exact) mass is 211 g/mol. The Bertz CT molecular complexity index is 229. The molecule has 14 heavy (non-hydrogen) atoms. The molecule has 1 aliphatic heterocycles. The van der Waals surface area contributed by atoms with Gasteiger partial charge in [0.1, 0.15) is 6.04 Å². The molecular formula is C8H14F3N2O+. The maximum absolute atomic E-state index is 12.4. The summed E-state index contributed by atoms with van der Waals surface area (Å²) in [4.78, 5) is 12.2. The number of carbonyl (C=O) groups excluding carboxylic acids is 1. The lowest BCUT2D eigenvalue weighted by Crippen LogP contribution is -2.90. The second-order valence-corrected chi connectivity index (χ2v) is 3.52. The summed E-state index contributed by atoms with van der Waals surface area (Å²) in [6, 6.07) is -1.95. The topological polar surface area (TPSA) is 36.9 Å². The van der Waals surface area contributed by atoms with Crippen LogP contribution < -0.4 is 5.32 Å². The summed E-state index contributed by atoms with van der Waals surface area (Å²) < 4.78 is 37.2. The molecule has 1 heterocycles. The van der Waals surface area contributed by atoms with Gasteiger partial charge in [0.25, 0.3) is 5.91 Å². The van der Waals surface area contributed by atoms with Gasteiger partial charge in [0.15, 0.2) is 6.04 Å². The molecule has 6 heteroatoms. The number of hydrogen-bond acceptors (Lipinski definition) is 1. The van der Waals surface area contributed by atoms with E-state index in [1.54, 1.807) is 12.4 Å². The molecule has 0 spiro atoms. The lowest BCUT2D eigenvalue weighted by Gasteiger charge is -2.35. The zero-order valence-corrected chi connectivity index (χ0v) is 8.14. The van der Waals surface area contributed by atoms with Crippen molar-refractivity contribution in [3.63, 3.8) is 0 Å². The predicted molar refractivity (Wildman–Crippen MR) is 43.5 cm³/mol. The first-order valence-electron chi connectivity index (χ1n) is 4.50. The summed E-state index contributed by atoms with van der Waals surface area (Å²) in [5, 5.41) is 1.66. The molecule has 1 fully saturated rings. The maximum Gasteiger partial charge on any atom is 0.408 e. The van der Waals surface area contributed by atoms with Crippen molar-refractivity contribution in [3.05, 3.63) is 0 Å². The highest BCUT2D eigenvalue weighted by molar-refractivity contribution is 5.81. The van der Waals surface area contributed by atoms with Gasteiger partial charge in [-0.1, -0.05) is 0 Å². The average Bonchev–Trinajstić information content (AvgIpc) is 2.07. The first-order valence-corrected chi connectivity index (χ1v) is 4.50. The average molecular weight is 211 g/mol. The van der Waals surface area contributed by atoms with E-state index in [-0.39, 0.29) is 12.5 Å². The highest BCUT2D eigenvalue weighted by atomic mass is 19.4. The van der Waals surface area contributed by atoms with Crippen molar-refractivity contribution in [2.24, 2.45) is 0 Å². The number of alkyl halides is 3. The van der Waals surface area contributed by atoms with E-state index in [0.29, 0.717) is 6.42 Å². The number of piperidine rings is 1. The zero-order valence-electron chi connectivity index (χ0n) is 8.14. The summed E-state index contributed by atoms with van der Waals surface area (Å²) in [5.41, 5.74) is 0. The molecule has 0 saturated carbocycles. The summed E-state index contributed by atoms with van der Waals surface area (Å²) in [7, 11) is 2.92. The van der Waals surface area contributed by atoms with E-state index in [2.05, 4.69) is 0 Å². The second kappa shape index (κ2) is 3.76. The van der Waals surface area contributed by atoms with Crippen LogP contribution in [0.25, 0.3) is 0 Å². The van der Waals surface area contributed by atoms with Gasteiger partial charge in [-0.25, -0.2) is 0 Å². The van der Waals surface area contributed by atoms with Crippen molar-refractivity contribution in [2.75, 3.05) is 14.1 Å². The van der Waals surface area contributed by atoms with E-state index in [4.69, 9.17) is 0 Å². The fraction of sp³-hybridized carbons (Fsp3) is 0.875. The smallest absolute Gasteiger partial charge is 0.338 e. The largest absolute Gasteiger partial charge is 0.408 e. The van der Waals surface area contributed by atoms with Crippen LogP contribution in [0.15, 0.2) is 0 Å². The molecular weight excluding hydrogens is 197 g/mol. The van der Waals surface area contributed by atoms with Crippen LogP contribution in [0.2, 0.25) is 0 Å². The molecule has 0 aromatic heterocycles. The third-order valence-electron chi connectivity index (χ3n) is 2.66. The van der Waals surface area contributed by atoms with Crippen LogP contribution in [0.5, 0.6) is 0 Å². The number of halogens is 3. The molecule has 0 radical (unpaired) electrons. The van der Waals surface area contributed by atoms with Gasteiger partial charge in [-0.15, -0.1) is 0 Å². The van der Waals surface area contributed by atoms with E-state index in [9.17, 15) is 18.0 Å². The Labute approximate surface area is 80.3 Å².